The van der Waals surface area contributed by atoms with Crippen LogP contribution >= 0.6 is 0 Å². The van der Waals surface area contributed by atoms with Crippen LogP contribution in [0.4, 0.5) is 5.69 Å². The summed E-state index contributed by atoms with van der Waals surface area (Å²) in [5, 5.41) is 0. The summed E-state index contributed by atoms with van der Waals surface area (Å²) in [4.78, 5) is 23.6. The van der Waals surface area contributed by atoms with Crippen molar-refractivity contribution in [3.05, 3.63) is 23.8 Å². The molecule has 0 spiro atoms. The lowest BCUT2D eigenvalue weighted by Gasteiger charge is -2.28. The van der Waals surface area contributed by atoms with Gasteiger partial charge in [0.2, 0.25) is 0 Å². The summed E-state index contributed by atoms with van der Waals surface area (Å²) < 4.78 is 38.7. The zero-order valence-electron chi connectivity index (χ0n) is 14.2. The van der Waals surface area contributed by atoms with Crippen molar-refractivity contribution in [2.45, 2.75) is 26.4 Å². The van der Waals surface area contributed by atoms with Gasteiger partial charge >= 0.3 is 11.9 Å². The molecule has 1 aromatic rings. The number of benzene rings is 1. The Morgan fingerprint density at radius 2 is 1.88 bits per heavy atom. The molecule has 0 radical (unpaired) electrons. The number of anilines is 1. The molecule has 1 unspecified atom stereocenters. The molecular weight excluding hydrogens is 338 g/mol. The number of hydrogen-bond donors (Lipinski definition) is 0. The van der Waals surface area contributed by atoms with Gasteiger partial charge in [0.15, 0.2) is 0 Å². The standard InChI is InChI=1S/C15H21NO7S/c1-15(2,3)23-13(17)9-16(24(19)20)11-8-10(14(18)22-5)6-7-12(11)21-4/h6-8H,9H2,1-5H3,(H,19,20)/p-1. The number of nitrogens with zero attached hydrogens (tertiary/aromatic N) is 1. The van der Waals surface area contributed by atoms with Gasteiger partial charge in [-0.15, -0.1) is 0 Å². The van der Waals surface area contributed by atoms with Gasteiger partial charge < -0.3 is 18.8 Å². The highest BCUT2D eigenvalue weighted by molar-refractivity contribution is 7.80. The smallest absolute Gasteiger partial charge is 0.337 e. The zero-order chi connectivity index (χ0) is 18.5. The maximum absolute atomic E-state index is 12.0. The van der Waals surface area contributed by atoms with Crippen LogP contribution in [0.5, 0.6) is 5.75 Å². The Labute approximate surface area is 143 Å². The van der Waals surface area contributed by atoms with E-state index in [-0.39, 0.29) is 17.0 Å². The molecule has 8 nitrogen and oxygen atoms in total. The van der Waals surface area contributed by atoms with Crippen molar-refractivity contribution < 1.29 is 32.6 Å². The number of carbonyl (C=O) groups is 2. The van der Waals surface area contributed by atoms with E-state index in [2.05, 4.69) is 4.74 Å². The molecule has 9 heteroatoms. The normalized spacial score (nSPS) is 12.2. The van der Waals surface area contributed by atoms with E-state index in [0.717, 1.165) is 4.31 Å². The third-order valence-corrected chi connectivity index (χ3v) is 3.43. The van der Waals surface area contributed by atoms with Crippen molar-refractivity contribution in [1.82, 2.24) is 0 Å². The Balaban J connectivity index is 3.21. The van der Waals surface area contributed by atoms with E-state index in [9.17, 15) is 18.4 Å². The fourth-order valence-electron chi connectivity index (χ4n) is 1.84. The van der Waals surface area contributed by atoms with Gasteiger partial charge in [-0.25, -0.2) is 4.79 Å². The molecule has 0 bridgehead atoms. The number of rotatable bonds is 6. The van der Waals surface area contributed by atoms with Crippen LogP contribution in [-0.2, 0) is 25.5 Å². The molecule has 0 saturated carbocycles. The molecule has 0 aliphatic carbocycles. The van der Waals surface area contributed by atoms with Crippen molar-refractivity contribution in [3.8, 4) is 5.75 Å². The Kier molecular flexibility index (Phi) is 6.73. The van der Waals surface area contributed by atoms with Crippen molar-refractivity contribution in [1.29, 1.82) is 0 Å². The third-order valence-electron chi connectivity index (χ3n) is 2.74. The molecular formula is C15H20NO7S-. The Bertz CT molecular complexity index is 639. The van der Waals surface area contributed by atoms with Crippen LogP contribution in [0.15, 0.2) is 18.2 Å². The molecule has 0 aliphatic heterocycles. The highest BCUT2D eigenvalue weighted by Gasteiger charge is 2.23. The monoisotopic (exact) mass is 358 g/mol. The SMILES string of the molecule is COC(=O)c1ccc(OC)c(N(CC(=O)OC(C)(C)C)S(=O)[O-])c1. The molecule has 0 N–H and O–H groups in total. The van der Waals surface area contributed by atoms with E-state index >= 15 is 0 Å². The van der Waals surface area contributed by atoms with Gasteiger partial charge in [0.1, 0.15) is 17.9 Å². The number of esters is 2. The quantitative estimate of drug-likeness (QED) is 0.559. The minimum atomic E-state index is -2.79. The molecule has 1 atom stereocenters. The van der Waals surface area contributed by atoms with Gasteiger partial charge in [-0.3, -0.25) is 13.3 Å². The Morgan fingerprint density at radius 3 is 2.33 bits per heavy atom. The fraction of sp³-hybridized carbons (Fsp3) is 0.467. The lowest BCUT2D eigenvalue weighted by Crippen LogP contribution is -2.36. The molecule has 1 rings (SSSR count). The van der Waals surface area contributed by atoms with Crippen LogP contribution in [0.3, 0.4) is 0 Å². The maximum atomic E-state index is 12.0. The predicted molar refractivity (Wildman–Crippen MR) is 86.4 cm³/mol. The van der Waals surface area contributed by atoms with E-state index in [1.54, 1.807) is 20.8 Å². The van der Waals surface area contributed by atoms with E-state index < -0.39 is 35.4 Å². The second-order valence-corrected chi connectivity index (χ2v) is 6.59. The molecule has 0 aromatic heterocycles. The van der Waals surface area contributed by atoms with E-state index in [1.165, 1.54) is 32.4 Å². The van der Waals surface area contributed by atoms with Crippen molar-refractivity contribution in [2.24, 2.45) is 0 Å². The minimum absolute atomic E-state index is 0.0274. The summed E-state index contributed by atoms with van der Waals surface area (Å²) in [6.45, 7) is 4.44. The molecule has 0 amide bonds. The lowest BCUT2D eigenvalue weighted by molar-refractivity contribution is -0.152. The molecule has 134 valence electrons. The van der Waals surface area contributed by atoms with Crippen LogP contribution in [0.25, 0.3) is 0 Å². The van der Waals surface area contributed by atoms with Crippen LogP contribution in [-0.4, -0.2) is 47.1 Å². The lowest BCUT2D eigenvalue weighted by atomic mass is 10.2. The van der Waals surface area contributed by atoms with Gasteiger partial charge in [0.25, 0.3) is 0 Å². The molecule has 1 aromatic carbocycles. The zero-order valence-corrected chi connectivity index (χ0v) is 15.0. The number of methoxy groups -OCH3 is 2. The summed E-state index contributed by atoms with van der Waals surface area (Å²) in [6.07, 6.45) is 0. The number of carbonyl (C=O) groups excluding carboxylic acids is 2. The summed E-state index contributed by atoms with van der Waals surface area (Å²) in [5.74, 6) is -1.21. The topological polar surface area (TPSA) is 105 Å². The first-order valence-electron chi connectivity index (χ1n) is 6.94. The average Bonchev–Trinajstić information content (AvgIpc) is 2.49. The van der Waals surface area contributed by atoms with Gasteiger partial charge in [-0.2, -0.15) is 0 Å². The molecule has 0 aliphatic rings. The van der Waals surface area contributed by atoms with Gasteiger partial charge in [-0.1, -0.05) is 0 Å². The minimum Gasteiger partial charge on any atom is -0.755 e. The largest absolute Gasteiger partial charge is 0.755 e. The van der Waals surface area contributed by atoms with E-state index in [4.69, 9.17) is 9.47 Å². The molecule has 24 heavy (non-hydrogen) atoms. The second kappa shape index (κ2) is 8.11. The molecule has 0 fully saturated rings. The third kappa shape index (κ3) is 5.50. The maximum Gasteiger partial charge on any atom is 0.337 e. The Hall–Kier alpha value is -2.13. The number of ether oxygens (including phenoxy) is 3. The summed E-state index contributed by atoms with van der Waals surface area (Å²) in [7, 11) is 2.55. The summed E-state index contributed by atoms with van der Waals surface area (Å²) in [6, 6.07) is 4.11. The van der Waals surface area contributed by atoms with Crippen molar-refractivity contribution >= 4 is 28.9 Å². The van der Waals surface area contributed by atoms with Crippen molar-refractivity contribution in [2.75, 3.05) is 25.1 Å². The first-order valence-corrected chi connectivity index (χ1v) is 7.97. The van der Waals surface area contributed by atoms with Gasteiger partial charge in [0, 0.05) is 11.3 Å². The first-order chi connectivity index (χ1) is 11.1. The predicted octanol–water partition coefficient (Wildman–Crippen LogP) is 1.42. The van der Waals surface area contributed by atoms with Crippen molar-refractivity contribution in [3.63, 3.8) is 0 Å². The Morgan fingerprint density at radius 1 is 1.25 bits per heavy atom. The van der Waals surface area contributed by atoms with E-state index in [0.29, 0.717) is 0 Å². The number of hydrogen-bond acceptors (Lipinski definition) is 7. The molecule has 0 saturated heterocycles. The average molecular weight is 358 g/mol. The second-order valence-electron chi connectivity index (χ2n) is 5.72. The van der Waals surface area contributed by atoms with E-state index in [1.807, 2.05) is 0 Å². The first kappa shape index (κ1) is 19.9. The fourth-order valence-corrected chi connectivity index (χ4v) is 2.35. The van der Waals surface area contributed by atoms with Gasteiger partial charge in [-0.05, 0) is 39.0 Å². The van der Waals surface area contributed by atoms with Crippen LogP contribution in [0.1, 0.15) is 31.1 Å². The summed E-state index contributed by atoms with van der Waals surface area (Å²) >= 11 is -2.79. The van der Waals surface area contributed by atoms with Crippen LogP contribution < -0.4 is 9.04 Å². The van der Waals surface area contributed by atoms with Crippen LogP contribution in [0, 0.1) is 0 Å². The molecule has 0 heterocycles. The highest BCUT2D eigenvalue weighted by Crippen LogP contribution is 2.30. The van der Waals surface area contributed by atoms with Crippen LogP contribution in [0.2, 0.25) is 0 Å². The summed E-state index contributed by atoms with van der Waals surface area (Å²) in [5.41, 5.74) is -0.613. The highest BCUT2D eigenvalue weighted by atomic mass is 32.2. The van der Waals surface area contributed by atoms with Gasteiger partial charge in [0.05, 0.1) is 25.5 Å².